The van der Waals surface area contributed by atoms with Crippen molar-refractivity contribution in [1.82, 2.24) is 20.0 Å². The molecule has 0 radical (unpaired) electrons. The summed E-state index contributed by atoms with van der Waals surface area (Å²) in [6.45, 7) is 7.89. The topological polar surface area (TPSA) is 82.2 Å². The first-order valence-electron chi connectivity index (χ1n) is 12.8. The van der Waals surface area contributed by atoms with Crippen molar-refractivity contribution in [1.29, 1.82) is 0 Å². The van der Waals surface area contributed by atoms with Crippen molar-refractivity contribution in [3.8, 4) is 0 Å². The summed E-state index contributed by atoms with van der Waals surface area (Å²) in [5, 5.41) is 3.50. The number of hydrogen-bond acceptors (Lipinski definition) is 5. The average Bonchev–Trinajstić information content (AvgIpc) is 2.89. The van der Waals surface area contributed by atoms with Crippen molar-refractivity contribution in [2.24, 2.45) is 0 Å². The maximum Gasteiger partial charge on any atom is 0.338 e. The molecule has 0 aliphatic carbocycles. The first-order valence-corrected chi connectivity index (χ1v) is 13.1. The average molecular weight is 543 g/mol. The number of amides is 3. The van der Waals surface area contributed by atoms with Crippen molar-refractivity contribution >= 4 is 29.5 Å². The Morgan fingerprint density at radius 1 is 1.13 bits per heavy atom. The molecule has 0 aromatic heterocycles. The maximum atomic E-state index is 13.7. The monoisotopic (exact) mass is 542 g/mol. The number of halogens is 2. The Bertz CT molecular complexity index is 1240. The molecule has 2 aliphatic heterocycles. The first kappa shape index (κ1) is 27.6. The molecule has 2 aromatic carbocycles. The van der Waals surface area contributed by atoms with Gasteiger partial charge in [-0.2, -0.15) is 0 Å². The predicted molar refractivity (Wildman–Crippen MR) is 142 cm³/mol. The fraction of sp³-hybridized carbons (Fsp3) is 0.393. The van der Waals surface area contributed by atoms with Crippen LogP contribution in [0.5, 0.6) is 0 Å². The summed E-state index contributed by atoms with van der Waals surface area (Å²) >= 11 is 6.07. The van der Waals surface area contributed by atoms with Crippen molar-refractivity contribution in [3.63, 3.8) is 0 Å². The molecule has 10 heteroatoms. The molecule has 1 fully saturated rings. The quantitative estimate of drug-likeness (QED) is 0.530. The predicted octanol–water partition coefficient (Wildman–Crippen LogP) is 4.23. The van der Waals surface area contributed by atoms with Gasteiger partial charge < -0.3 is 15.0 Å². The molecule has 2 aliphatic rings. The maximum absolute atomic E-state index is 13.7. The van der Waals surface area contributed by atoms with Crippen LogP contribution in [0.1, 0.15) is 42.7 Å². The van der Waals surface area contributed by atoms with Gasteiger partial charge in [0, 0.05) is 55.0 Å². The zero-order valence-corrected chi connectivity index (χ0v) is 22.5. The van der Waals surface area contributed by atoms with Gasteiger partial charge >= 0.3 is 12.0 Å². The van der Waals surface area contributed by atoms with Crippen LogP contribution in [0, 0.1) is 5.82 Å². The second-order valence-electron chi connectivity index (χ2n) is 9.35. The molecule has 0 bridgehead atoms. The van der Waals surface area contributed by atoms with E-state index in [-0.39, 0.29) is 24.6 Å². The number of urea groups is 1. The van der Waals surface area contributed by atoms with Crippen molar-refractivity contribution in [2.75, 3.05) is 39.3 Å². The van der Waals surface area contributed by atoms with Crippen LogP contribution in [0.2, 0.25) is 5.02 Å². The summed E-state index contributed by atoms with van der Waals surface area (Å²) in [6.07, 6.45) is 0. The molecule has 8 nitrogen and oxygen atoms in total. The van der Waals surface area contributed by atoms with Gasteiger partial charge in [0.05, 0.1) is 18.2 Å². The van der Waals surface area contributed by atoms with Crippen LogP contribution in [-0.2, 0) is 9.53 Å². The third-order valence-electron chi connectivity index (χ3n) is 6.87. The van der Waals surface area contributed by atoms with Gasteiger partial charge in [0.1, 0.15) is 5.82 Å². The Morgan fingerprint density at radius 3 is 2.50 bits per heavy atom. The molecule has 0 spiro atoms. The normalized spacial score (nSPS) is 20.4. The lowest BCUT2D eigenvalue weighted by molar-refractivity contribution is -0.139. The number of piperazine rings is 1. The van der Waals surface area contributed by atoms with Crippen molar-refractivity contribution in [2.45, 2.75) is 32.9 Å². The van der Waals surface area contributed by atoms with Crippen LogP contribution in [0.15, 0.2) is 59.8 Å². The Morgan fingerprint density at radius 2 is 1.87 bits per heavy atom. The van der Waals surface area contributed by atoms with Crippen molar-refractivity contribution in [3.05, 3.63) is 81.8 Å². The largest absolute Gasteiger partial charge is 0.463 e. The van der Waals surface area contributed by atoms with E-state index in [1.54, 1.807) is 47.1 Å². The second-order valence-corrected chi connectivity index (χ2v) is 9.79. The Balaban J connectivity index is 1.62. The number of esters is 1. The van der Waals surface area contributed by atoms with Crippen LogP contribution < -0.4 is 5.32 Å². The third-order valence-corrected chi connectivity index (χ3v) is 7.12. The van der Waals surface area contributed by atoms with E-state index in [1.165, 1.54) is 18.2 Å². The SMILES string of the molecule is CCOC(=O)C1=C(CN2CCN(C(=O)c3cccc(F)c3)[C@@H](C)C2)N(CC)C(=O)N[C@@H]1c1ccc(Cl)cc1. The molecule has 202 valence electrons. The lowest BCUT2D eigenvalue weighted by atomic mass is 9.94. The minimum Gasteiger partial charge on any atom is -0.463 e. The van der Waals surface area contributed by atoms with Gasteiger partial charge in [0.2, 0.25) is 0 Å². The Hall–Kier alpha value is -3.43. The third kappa shape index (κ3) is 5.84. The van der Waals surface area contributed by atoms with Crippen LogP contribution in [0.25, 0.3) is 0 Å². The highest BCUT2D eigenvalue weighted by Gasteiger charge is 2.39. The number of rotatable bonds is 7. The Kier molecular flexibility index (Phi) is 8.69. The van der Waals surface area contributed by atoms with Crippen LogP contribution in [0.4, 0.5) is 9.18 Å². The minimum absolute atomic E-state index is 0.161. The van der Waals surface area contributed by atoms with Crippen LogP contribution >= 0.6 is 11.6 Å². The minimum atomic E-state index is -0.690. The first-order chi connectivity index (χ1) is 18.2. The van der Waals surface area contributed by atoms with Crippen LogP contribution in [-0.4, -0.2) is 78.0 Å². The van der Waals surface area contributed by atoms with E-state index >= 15 is 0 Å². The molecule has 1 N–H and O–H groups in total. The van der Waals surface area contributed by atoms with E-state index < -0.39 is 17.8 Å². The lowest BCUT2D eigenvalue weighted by Gasteiger charge is -2.43. The van der Waals surface area contributed by atoms with E-state index in [4.69, 9.17) is 16.3 Å². The number of ether oxygens (including phenoxy) is 1. The second kappa shape index (κ2) is 12.0. The summed E-state index contributed by atoms with van der Waals surface area (Å²) in [7, 11) is 0. The highest BCUT2D eigenvalue weighted by molar-refractivity contribution is 6.30. The number of nitrogens with zero attached hydrogens (tertiary/aromatic N) is 3. The van der Waals surface area contributed by atoms with E-state index in [0.29, 0.717) is 54.6 Å². The van der Waals surface area contributed by atoms with Gasteiger partial charge in [-0.25, -0.2) is 14.0 Å². The Labute approximate surface area is 227 Å². The number of hydrogen-bond donors (Lipinski definition) is 1. The summed E-state index contributed by atoms with van der Waals surface area (Å²) in [6, 6.07) is 11.5. The summed E-state index contributed by atoms with van der Waals surface area (Å²) in [5.41, 5.74) is 1.98. The fourth-order valence-corrected chi connectivity index (χ4v) is 5.17. The number of benzene rings is 2. The zero-order chi connectivity index (χ0) is 27.4. The molecule has 1 saturated heterocycles. The molecule has 0 unspecified atom stereocenters. The van der Waals surface area contributed by atoms with Crippen LogP contribution in [0.3, 0.4) is 0 Å². The summed E-state index contributed by atoms with van der Waals surface area (Å²) < 4.78 is 19.1. The van der Waals surface area contributed by atoms with Crippen molar-refractivity contribution < 1.29 is 23.5 Å². The van der Waals surface area contributed by atoms with Gasteiger partial charge in [-0.3, -0.25) is 14.6 Å². The highest BCUT2D eigenvalue weighted by atomic mass is 35.5. The molecule has 4 rings (SSSR count). The number of nitrogens with one attached hydrogen (secondary N) is 1. The number of carbonyl (C=O) groups excluding carboxylic acids is 3. The van der Waals surface area contributed by atoms with Gasteiger partial charge in [0.25, 0.3) is 5.91 Å². The van der Waals surface area contributed by atoms with Gasteiger partial charge in [0.15, 0.2) is 0 Å². The molecular formula is C28H32ClFN4O4. The lowest BCUT2D eigenvalue weighted by Crippen LogP contribution is -2.56. The van der Waals surface area contributed by atoms with Gasteiger partial charge in [-0.1, -0.05) is 29.8 Å². The van der Waals surface area contributed by atoms with E-state index in [2.05, 4.69) is 10.2 Å². The summed E-state index contributed by atoms with van der Waals surface area (Å²) in [4.78, 5) is 44.9. The highest BCUT2D eigenvalue weighted by Crippen LogP contribution is 2.33. The smallest absolute Gasteiger partial charge is 0.338 e. The molecule has 2 aromatic rings. The molecule has 3 amide bonds. The standard InChI is InChI=1S/C28H32ClFN4O4/c1-4-33-23(17-32-13-14-34(18(3)16-32)26(35)20-7-6-8-22(30)15-20)24(27(36)38-5-2)25(31-28(33)37)19-9-11-21(29)12-10-19/h6-12,15,18,25H,4-5,13-14,16-17H2,1-3H3,(H,31,37)/t18-,25+/m0/s1. The molecular weight excluding hydrogens is 511 g/mol. The van der Waals surface area contributed by atoms with E-state index in [0.717, 1.165) is 5.56 Å². The fourth-order valence-electron chi connectivity index (χ4n) is 5.04. The van der Waals surface area contributed by atoms with Gasteiger partial charge in [-0.05, 0) is 56.7 Å². The van der Waals surface area contributed by atoms with E-state index in [1.807, 2.05) is 13.8 Å². The van der Waals surface area contributed by atoms with Gasteiger partial charge in [-0.15, -0.1) is 0 Å². The summed E-state index contributed by atoms with van der Waals surface area (Å²) in [5.74, 6) is -1.17. The molecule has 38 heavy (non-hydrogen) atoms. The number of carbonyl (C=O) groups is 3. The molecule has 2 atom stereocenters. The molecule has 0 saturated carbocycles. The number of likely N-dealkylation sites (N-methyl/N-ethyl adjacent to an activating group) is 1. The zero-order valence-electron chi connectivity index (χ0n) is 21.7. The molecule has 2 heterocycles. The van der Waals surface area contributed by atoms with E-state index in [9.17, 15) is 18.8 Å².